The van der Waals surface area contributed by atoms with Crippen molar-refractivity contribution in [2.24, 2.45) is 0 Å². The van der Waals surface area contributed by atoms with Crippen LogP contribution in [0, 0.1) is 0 Å². The standard InChI is InChI=1S/C29H44N2/c1-7-9-11-13-19-29(20-14-12-10-8-2)27-21-23(30(3)4)15-17-25(27)26-18-16-24(31(5)6)22-28(26)29/h15-18,21-22H,7-14,19-20H2,1-6H3. The first-order chi connectivity index (χ1) is 14.9. The molecule has 1 aliphatic rings. The zero-order valence-electron chi connectivity index (χ0n) is 20.9. The Morgan fingerprint density at radius 2 is 1.00 bits per heavy atom. The molecule has 0 N–H and O–H groups in total. The highest BCUT2D eigenvalue weighted by Gasteiger charge is 2.42. The molecular weight excluding hydrogens is 376 g/mol. The number of fused-ring (bicyclic) bond motifs is 3. The van der Waals surface area contributed by atoms with Crippen molar-refractivity contribution in [3.05, 3.63) is 47.5 Å². The molecule has 0 unspecified atom stereocenters. The maximum Gasteiger partial charge on any atom is 0.0364 e. The van der Waals surface area contributed by atoms with Crippen LogP contribution in [0.3, 0.4) is 0 Å². The minimum Gasteiger partial charge on any atom is -0.378 e. The van der Waals surface area contributed by atoms with Crippen LogP contribution in [-0.4, -0.2) is 28.2 Å². The zero-order valence-corrected chi connectivity index (χ0v) is 20.9. The van der Waals surface area contributed by atoms with E-state index in [0.29, 0.717) is 0 Å². The van der Waals surface area contributed by atoms with Crippen LogP contribution in [-0.2, 0) is 5.41 Å². The molecule has 1 aliphatic carbocycles. The van der Waals surface area contributed by atoms with Gasteiger partial charge in [-0.15, -0.1) is 0 Å². The van der Waals surface area contributed by atoms with E-state index < -0.39 is 0 Å². The Hall–Kier alpha value is -1.96. The first-order valence-corrected chi connectivity index (χ1v) is 12.6. The lowest BCUT2D eigenvalue weighted by Crippen LogP contribution is -2.26. The molecule has 0 amide bonds. The van der Waals surface area contributed by atoms with Gasteiger partial charge in [-0.1, -0.05) is 77.3 Å². The fourth-order valence-electron chi connectivity index (χ4n) is 5.40. The average molecular weight is 421 g/mol. The lowest BCUT2D eigenvalue weighted by atomic mass is 9.70. The molecule has 0 atom stereocenters. The van der Waals surface area contributed by atoms with Crippen LogP contribution in [0.15, 0.2) is 36.4 Å². The molecule has 3 rings (SSSR count). The molecule has 31 heavy (non-hydrogen) atoms. The number of hydrogen-bond donors (Lipinski definition) is 0. The lowest BCUT2D eigenvalue weighted by molar-refractivity contribution is 0.401. The van der Waals surface area contributed by atoms with E-state index >= 15 is 0 Å². The Bertz CT molecular complexity index is 778. The van der Waals surface area contributed by atoms with Crippen LogP contribution >= 0.6 is 0 Å². The molecule has 0 heterocycles. The third-order valence-corrected chi connectivity index (χ3v) is 7.27. The molecule has 0 radical (unpaired) electrons. The summed E-state index contributed by atoms with van der Waals surface area (Å²) in [6.07, 6.45) is 13.2. The van der Waals surface area contributed by atoms with E-state index in [4.69, 9.17) is 0 Å². The lowest BCUT2D eigenvalue weighted by Gasteiger charge is -2.34. The van der Waals surface area contributed by atoms with Gasteiger partial charge in [0.05, 0.1) is 0 Å². The third-order valence-electron chi connectivity index (χ3n) is 7.27. The molecular formula is C29H44N2. The largest absolute Gasteiger partial charge is 0.378 e. The van der Waals surface area contributed by atoms with Crippen LogP contribution in [0.4, 0.5) is 11.4 Å². The Morgan fingerprint density at radius 1 is 0.581 bits per heavy atom. The first-order valence-electron chi connectivity index (χ1n) is 12.6. The maximum absolute atomic E-state index is 2.50. The minimum absolute atomic E-state index is 0.157. The summed E-state index contributed by atoms with van der Waals surface area (Å²) in [7, 11) is 8.66. The fourth-order valence-corrected chi connectivity index (χ4v) is 5.40. The molecule has 0 spiro atoms. The molecule has 0 bridgehead atoms. The summed E-state index contributed by atoms with van der Waals surface area (Å²) in [5, 5.41) is 0. The molecule has 2 heteroatoms. The van der Waals surface area contributed by atoms with Crippen molar-refractivity contribution in [2.45, 2.75) is 83.5 Å². The normalized spacial score (nSPS) is 13.7. The summed E-state index contributed by atoms with van der Waals surface area (Å²) in [6, 6.07) is 14.4. The predicted molar refractivity (Wildman–Crippen MR) is 139 cm³/mol. The van der Waals surface area contributed by atoms with Crippen LogP contribution in [0.2, 0.25) is 0 Å². The summed E-state index contributed by atoms with van der Waals surface area (Å²) in [5.41, 5.74) is 8.91. The molecule has 0 fully saturated rings. The van der Waals surface area contributed by atoms with Gasteiger partial charge < -0.3 is 9.80 Å². The highest BCUT2D eigenvalue weighted by atomic mass is 15.1. The number of benzene rings is 2. The van der Waals surface area contributed by atoms with Gasteiger partial charge in [-0.25, -0.2) is 0 Å². The summed E-state index contributed by atoms with van der Waals surface area (Å²) in [4.78, 5) is 4.51. The van der Waals surface area contributed by atoms with Gasteiger partial charge >= 0.3 is 0 Å². The highest BCUT2D eigenvalue weighted by Crippen LogP contribution is 2.55. The van der Waals surface area contributed by atoms with E-state index in [9.17, 15) is 0 Å². The van der Waals surface area contributed by atoms with E-state index in [0.717, 1.165) is 0 Å². The van der Waals surface area contributed by atoms with Crippen molar-refractivity contribution in [3.63, 3.8) is 0 Å². The van der Waals surface area contributed by atoms with Crippen molar-refractivity contribution in [1.29, 1.82) is 0 Å². The van der Waals surface area contributed by atoms with Gasteiger partial charge in [-0.3, -0.25) is 0 Å². The minimum atomic E-state index is 0.157. The van der Waals surface area contributed by atoms with Gasteiger partial charge in [0.25, 0.3) is 0 Å². The van der Waals surface area contributed by atoms with Gasteiger partial charge in [-0.2, -0.15) is 0 Å². The number of anilines is 2. The van der Waals surface area contributed by atoms with Crippen LogP contribution < -0.4 is 9.80 Å². The molecule has 0 saturated heterocycles. The van der Waals surface area contributed by atoms with Gasteiger partial charge in [0.1, 0.15) is 0 Å². The van der Waals surface area contributed by atoms with E-state index in [2.05, 4.69) is 88.2 Å². The maximum atomic E-state index is 2.50. The molecule has 0 aromatic heterocycles. The van der Waals surface area contributed by atoms with Crippen LogP contribution in [0.25, 0.3) is 11.1 Å². The summed E-state index contributed by atoms with van der Waals surface area (Å²) in [5.74, 6) is 0. The number of nitrogens with zero attached hydrogens (tertiary/aromatic N) is 2. The second-order valence-corrected chi connectivity index (χ2v) is 9.95. The Morgan fingerprint density at radius 3 is 1.35 bits per heavy atom. The van der Waals surface area contributed by atoms with Gasteiger partial charge in [0.2, 0.25) is 0 Å². The summed E-state index contributed by atoms with van der Waals surface area (Å²) in [6.45, 7) is 4.63. The van der Waals surface area contributed by atoms with E-state index in [1.54, 1.807) is 11.1 Å². The smallest absolute Gasteiger partial charge is 0.0364 e. The molecule has 0 aliphatic heterocycles. The van der Waals surface area contributed by atoms with Gasteiger partial charge in [-0.05, 0) is 59.4 Å². The SMILES string of the molecule is CCCCCCC1(CCCCCC)c2cc(N(C)C)ccc2-c2ccc(N(C)C)cc21. The van der Waals surface area contributed by atoms with E-state index in [1.165, 1.54) is 86.7 Å². The third kappa shape index (κ3) is 4.94. The number of unbranched alkanes of at least 4 members (excludes halogenated alkanes) is 6. The summed E-state index contributed by atoms with van der Waals surface area (Å²) >= 11 is 0. The molecule has 2 nitrogen and oxygen atoms in total. The average Bonchev–Trinajstić information content (AvgIpc) is 3.03. The van der Waals surface area contributed by atoms with Crippen molar-refractivity contribution >= 4 is 11.4 Å². The Balaban J connectivity index is 2.12. The monoisotopic (exact) mass is 420 g/mol. The quantitative estimate of drug-likeness (QED) is 0.321. The number of hydrogen-bond acceptors (Lipinski definition) is 2. The van der Waals surface area contributed by atoms with Gasteiger partial charge in [0.15, 0.2) is 0 Å². The Kier molecular flexibility index (Phi) is 8.08. The summed E-state index contributed by atoms with van der Waals surface area (Å²) < 4.78 is 0. The second-order valence-electron chi connectivity index (χ2n) is 9.95. The van der Waals surface area contributed by atoms with Crippen molar-refractivity contribution in [2.75, 3.05) is 38.0 Å². The topological polar surface area (TPSA) is 6.48 Å². The van der Waals surface area contributed by atoms with Crippen molar-refractivity contribution < 1.29 is 0 Å². The molecule has 2 aromatic carbocycles. The first kappa shape index (κ1) is 23.7. The van der Waals surface area contributed by atoms with E-state index in [-0.39, 0.29) is 5.41 Å². The van der Waals surface area contributed by atoms with Crippen molar-refractivity contribution in [1.82, 2.24) is 0 Å². The Labute approximate surface area is 191 Å². The highest BCUT2D eigenvalue weighted by molar-refractivity contribution is 5.84. The van der Waals surface area contributed by atoms with Crippen LogP contribution in [0.5, 0.6) is 0 Å². The fraction of sp³-hybridized carbons (Fsp3) is 0.586. The molecule has 170 valence electrons. The van der Waals surface area contributed by atoms with E-state index in [1.807, 2.05) is 0 Å². The van der Waals surface area contributed by atoms with Gasteiger partial charge in [0, 0.05) is 45.0 Å². The number of rotatable bonds is 12. The molecule has 2 aromatic rings. The molecule has 0 saturated carbocycles. The second kappa shape index (κ2) is 10.6. The van der Waals surface area contributed by atoms with Crippen molar-refractivity contribution in [3.8, 4) is 11.1 Å². The van der Waals surface area contributed by atoms with Crippen LogP contribution in [0.1, 0.15) is 89.2 Å². The predicted octanol–water partition coefficient (Wildman–Crippen LogP) is 8.03. The zero-order chi connectivity index (χ0) is 22.4.